The predicted octanol–water partition coefficient (Wildman–Crippen LogP) is 1.74. The molecule has 0 radical (unpaired) electrons. The molecule has 0 aliphatic rings. The first-order valence-corrected chi connectivity index (χ1v) is 4.93. The van der Waals surface area contributed by atoms with E-state index in [-0.39, 0.29) is 0 Å². The van der Waals surface area contributed by atoms with E-state index in [1.54, 1.807) is 20.8 Å². The molecule has 0 bridgehead atoms. The van der Waals surface area contributed by atoms with Crippen LogP contribution in [0.2, 0.25) is 0 Å². The van der Waals surface area contributed by atoms with E-state index >= 15 is 0 Å². The third-order valence-electron chi connectivity index (χ3n) is 1.80. The Morgan fingerprint density at radius 2 is 1.50 bits per heavy atom. The maximum absolute atomic E-state index is 11.6. The summed E-state index contributed by atoms with van der Waals surface area (Å²) in [5.74, 6) is -0.931. The van der Waals surface area contributed by atoms with E-state index in [0.717, 1.165) is 0 Å². The number of primary amides is 1. The van der Waals surface area contributed by atoms with Crippen molar-refractivity contribution in [2.24, 2.45) is 5.73 Å². The third-order valence-corrected chi connectivity index (χ3v) is 1.80. The van der Waals surface area contributed by atoms with Gasteiger partial charge in [-0.15, -0.1) is 0 Å². The minimum absolute atomic E-state index is 0.368. The molecule has 4 heteroatoms. The Kier molecular flexibility index (Phi) is 3.32. The second-order valence-electron chi connectivity index (χ2n) is 4.44. The van der Waals surface area contributed by atoms with E-state index in [2.05, 4.69) is 0 Å². The lowest BCUT2D eigenvalue weighted by molar-refractivity contribution is 0.00693. The quantitative estimate of drug-likeness (QED) is 0.773. The summed E-state index contributed by atoms with van der Waals surface area (Å²) in [6, 6.07) is 6.05. The molecule has 1 aromatic rings. The van der Waals surface area contributed by atoms with Gasteiger partial charge in [0.2, 0.25) is 5.91 Å². The van der Waals surface area contributed by atoms with E-state index in [1.807, 2.05) is 0 Å². The number of nitrogens with two attached hydrogens (primary N) is 1. The van der Waals surface area contributed by atoms with Crippen LogP contribution in [0.4, 0.5) is 0 Å². The number of benzene rings is 1. The van der Waals surface area contributed by atoms with Crippen LogP contribution in [0.1, 0.15) is 41.5 Å². The molecule has 0 spiro atoms. The number of hydrogen-bond donors (Lipinski definition) is 1. The van der Waals surface area contributed by atoms with Gasteiger partial charge >= 0.3 is 5.97 Å². The Morgan fingerprint density at radius 3 is 1.88 bits per heavy atom. The van der Waals surface area contributed by atoms with Gasteiger partial charge in [0.1, 0.15) is 5.60 Å². The number of hydrogen-bond acceptors (Lipinski definition) is 3. The maximum Gasteiger partial charge on any atom is 0.338 e. The smallest absolute Gasteiger partial charge is 0.338 e. The molecule has 0 atom stereocenters. The van der Waals surface area contributed by atoms with Gasteiger partial charge < -0.3 is 10.5 Å². The topological polar surface area (TPSA) is 69.4 Å². The molecule has 0 aromatic heterocycles. The molecule has 0 saturated carbocycles. The summed E-state index contributed by atoms with van der Waals surface area (Å²) < 4.78 is 5.17. The van der Waals surface area contributed by atoms with Crippen molar-refractivity contribution >= 4 is 11.9 Å². The second-order valence-corrected chi connectivity index (χ2v) is 4.44. The standard InChI is InChI=1S/C12H15NO3/c1-12(2,3)16-11(15)9-6-4-8(5-7-9)10(13)14/h4-7H,1-3H3,(H2,13,14). The molecule has 0 heterocycles. The van der Waals surface area contributed by atoms with Crippen LogP contribution < -0.4 is 5.73 Å². The van der Waals surface area contributed by atoms with Gasteiger partial charge in [-0.1, -0.05) is 0 Å². The van der Waals surface area contributed by atoms with Gasteiger partial charge in [-0.25, -0.2) is 4.79 Å². The van der Waals surface area contributed by atoms with Crippen LogP contribution in [0, 0.1) is 0 Å². The summed E-state index contributed by atoms with van der Waals surface area (Å²) in [7, 11) is 0. The summed E-state index contributed by atoms with van der Waals surface area (Å²) in [5, 5.41) is 0. The van der Waals surface area contributed by atoms with Gasteiger partial charge in [-0.3, -0.25) is 4.79 Å². The molecule has 1 amide bonds. The monoisotopic (exact) mass is 221 g/mol. The molecule has 2 N–H and O–H groups in total. The first kappa shape index (κ1) is 12.2. The molecule has 1 aromatic carbocycles. The van der Waals surface area contributed by atoms with Crippen LogP contribution in [-0.2, 0) is 4.74 Å². The van der Waals surface area contributed by atoms with Crippen molar-refractivity contribution in [2.45, 2.75) is 26.4 Å². The average molecular weight is 221 g/mol. The zero-order valence-electron chi connectivity index (χ0n) is 9.61. The lowest BCUT2D eigenvalue weighted by atomic mass is 10.1. The Bertz CT molecular complexity index is 401. The largest absolute Gasteiger partial charge is 0.456 e. The SMILES string of the molecule is CC(C)(C)OC(=O)c1ccc(C(N)=O)cc1. The molecule has 16 heavy (non-hydrogen) atoms. The minimum Gasteiger partial charge on any atom is -0.456 e. The van der Waals surface area contributed by atoms with Crippen LogP contribution in [0.3, 0.4) is 0 Å². The van der Waals surface area contributed by atoms with Gasteiger partial charge in [-0.05, 0) is 45.0 Å². The van der Waals surface area contributed by atoms with Crippen molar-refractivity contribution in [3.8, 4) is 0 Å². The van der Waals surface area contributed by atoms with Gasteiger partial charge in [0, 0.05) is 5.56 Å². The number of rotatable bonds is 2. The Hall–Kier alpha value is -1.84. The lowest BCUT2D eigenvalue weighted by Gasteiger charge is -2.19. The van der Waals surface area contributed by atoms with Crippen molar-refractivity contribution < 1.29 is 14.3 Å². The molecule has 86 valence electrons. The van der Waals surface area contributed by atoms with Crippen molar-refractivity contribution in [2.75, 3.05) is 0 Å². The number of carbonyl (C=O) groups is 2. The lowest BCUT2D eigenvalue weighted by Crippen LogP contribution is -2.24. The van der Waals surface area contributed by atoms with E-state index in [9.17, 15) is 9.59 Å². The highest BCUT2D eigenvalue weighted by atomic mass is 16.6. The van der Waals surface area contributed by atoms with Crippen molar-refractivity contribution in [3.63, 3.8) is 0 Å². The zero-order chi connectivity index (χ0) is 12.3. The zero-order valence-corrected chi connectivity index (χ0v) is 9.61. The number of carbonyl (C=O) groups excluding carboxylic acids is 2. The van der Waals surface area contributed by atoms with Gasteiger partial charge in [0.25, 0.3) is 0 Å². The summed E-state index contributed by atoms with van der Waals surface area (Å²) >= 11 is 0. The molecular weight excluding hydrogens is 206 g/mol. The highest BCUT2D eigenvalue weighted by Gasteiger charge is 2.17. The van der Waals surface area contributed by atoms with Crippen LogP contribution in [0.5, 0.6) is 0 Å². The molecule has 0 aliphatic carbocycles. The van der Waals surface area contributed by atoms with Gasteiger partial charge in [0.15, 0.2) is 0 Å². The second kappa shape index (κ2) is 4.35. The van der Waals surface area contributed by atoms with E-state index in [1.165, 1.54) is 24.3 Å². The number of esters is 1. The first-order valence-electron chi connectivity index (χ1n) is 4.93. The van der Waals surface area contributed by atoms with Crippen LogP contribution in [0.25, 0.3) is 0 Å². The number of amides is 1. The molecule has 0 unspecified atom stereocenters. The van der Waals surface area contributed by atoms with Crippen LogP contribution in [0.15, 0.2) is 24.3 Å². The highest BCUT2D eigenvalue weighted by molar-refractivity contribution is 5.95. The van der Waals surface area contributed by atoms with E-state index in [0.29, 0.717) is 11.1 Å². The molecule has 0 saturated heterocycles. The normalized spacial score (nSPS) is 10.9. The fourth-order valence-corrected chi connectivity index (χ4v) is 1.11. The minimum atomic E-state index is -0.528. The average Bonchev–Trinajstić information content (AvgIpc) is 2.15. The van der Waals surface area contributed by atoms with E-state index < -0.39 is 17.5 Å². The van der Waals surface area contributed by atoms with Gasteiger partial charge in [-0.2, -0.15) is 0 Å². The van der Waals surface area contributed by atoms with Crippen LogP contribution >= 0.6 is 0 Å². The Labute approximate surface area is 94.4 Å². The third kappa shape index (κ3) is 3.38. The van der Waals surface area contributed by atoms with Crippen LogP contribution in [-0.4, -0.2) is 17.5 Å². The summed E-state index contributed by atoms with van der Waals surface area (Å²) in [4.78, 5) is 22.4. The van der Waals surface area contributed by atoms with Crippen molar-refractivity contribution in [1.82, 2.24) is 0 Å². The fourth-order valence-electron chi connectivity index (χ4n) is 1.11. The van der Waals surface area contributed by atoms with Gasteiger partial charge in [0.05, 0.1) is 5.56 Å². The molecule has 4 nitrogen and oxygen atoms in total. The molecule has 0 fully saturated rings. The summed E-state index contributed by atoms with van der Waals surface area (Å²) in [5.41, 5.74) is 5.33. The maximum atomic E-state index is 11.6. The molecule has 1 rings (SSSR count). The fraction of sp³-hybridized carbons (Fsp3) is 0.333. The predicted molar refractivity (Wildman–Crippen MR) is 60.1 cm³/mol. The molecule has 0 aliphatic heterocycles. The number of ether oxygens (including phenoxy) is 1. The Morgan fingerprint density at radius 1 is 1.06 bits per heavy atom. The van der Waals surface area contributed by atoms with Crippen molar-refractivity contribution in [1.29, 1.82) is 0 Å². The summed E-state index contributed by atoms with van der Waals surface area (Å²) in [6.07, 6.45) is 0. The highest BCUT2D eigenvalue weighted by Crippen LogP contribution is 2.12. The Balaban J connectivity index is 2.82. The molecular formula is C12H15NO3. The van der Waals surface area contributed by atoms with E-state index in [4.69, 9.17) is 10.5 Å². The first-order chi connectivity index (χ1) is 7.29. The van der Waals surface area contributed by atoms with Crippen molar-refractivity contribution in [3.05, 3.63) is 35.4 Å². The summed E-state index contributed by atoms with van der Waals surface area (Å²) in [6.45, 7) is 5.38.